The van der Waals surface area contributed by atoms with Gasteiger partial charge in [0.1, 0.15) is 12.4 Å². The molecule has 0 aliphatic heterocycles. The van der Waals surface area contributed by atoms with E-state index >= 15 is 0 Å². The number of fused-ring (bicyclic) bond motifs is 1. The fraction of sp³-hybridized carbons (Fsp3) is 0.258. The molecule has 0 spiro atoms. The number of nitrogens with one attached hydrogen (secondary N) is 3. The maximum Gasteiger partial charge on any atom is 0.418 e. The van der Waals surface area contributed by atoms with Crippen molar-refractivity contribution in [3.8, 4) is 5.75 Å². The number of hydrogen-bond donors (Lipinski definition) is 3. The van der Waals surface area contributed by atoms with Crippen LogP contribution in [0.3, 0.4) is 0 Å². The molecule has 0 atom stereocenters. The van der Waals surface area contributed by atoms with Crippen molar-refractivity contribution in [1.82, 2.24) is 20.2 Å². The van der Waals surface area contributed by atoms with Gasteiger partial charge in [0, 0.05) is 5.69 Å². The summed E-state index contributed by atoms with van der Waals surface area (Å²) in [6.07, 6.45) is -4.58. The van der Waals surface area contributed by atoms with Crippen LogP contribution < -0.4 is 15.4 Å². The maximum atomic E-state index is 13.2. The predicted molar refractivity (Wildman–Crippen MR) is 176 cm³/mol. The second-order valence-electron chi connectivity index (χ2n) is 11.0. The van der Waals surface area contributed by atoms with Crippen LogP contribution in [-0.4, -0.2) is 43.5 Å². The number of ether oxygens (including phenoxy) is 1. The number of thioether (sulfide) groups is 2. The van der Waals surface area contributed by atoms with E-state index < -0.39 is 17.6 Å². The SMILES string of the molecule is CC(C)(C)c1ccc(OCc2nc(SCC(=O)Nc3ccc4nc(SCC(=O)Nc5ccccc5C(F)(F)F)sc4c3)n[nH]2)cc1. The number of amides is 2. The molecular weight excluding hydrogens is 658 g/mol. The van der Waals surface area contributed by atoms with Crippen molar-refractivity contribution in [2.24, 2.45) is 0 Å². The summed E-state index contributed by atoms with van der Waals surface area (Å²) in [5, 5.41) is 12.6. The molecule has 0 saturated carbocycles. The first-order valence-electron chi connectivity index (χ1n) is 13.9. The lowest BCUT2D eigenvalue weighted by atomic mass is 9.87. The summed E-state index contributed by atoms with van der Waals surface area (Å²) >= 11 is 3.61. The van der Waals surface area contributed by atoms with Gasteiger partial charge in [-0.25, -0.2) is 9.97 Å². The summed E-state index contributed by atoms with van der Waals surface area (Å²) in [7, 11) is 0. The first kappa shape index (κ1) is 33.3. The number of para-hydroxylation sites is 1. The van der Waals surface area contributed by atoms with Gasteiger partial charge in [0.25, 0.3) is 0 Å². The van der Waals surface area contributed by atoms with Crippen LogP contribution in [0.25, 0.3) is 10.2 Å². The van der Waals surface area contributed by atoms with Gasteiger partial charge in [-0.05, 0) is 53.4 Å². The third-order valence-corrected chi connectivity index (χ3v) is 9.43. The Bertz CT molecular complexity index is 1840. The predicted octanol–water partition coefficient (Wildman–Crippen LogP) is 7.77. The average Bonchev–Trinajstić information content (AvgIpc) is 3.64. The van der Waals surface area contributed by atoms with Crippen molar-refractivity contribution >= 4 is 68.3 Å². The lowest BCUT2D eigenvalue weighted by Gasteiger charge is -2.19. The van der Waals surface area contributed by atoms with E-state index in [2.05, 4.69) is 51.6 Å². The van der Waals surface area contributed by atoms with E-state index in [1.165, 1.54) is 46.9 Å². The van der Waals surface area contributed by atoms with Crippen molar-refractivity contribution in [1.29, 1.82) is 0 Å². The van der Waals surface area contributed by atoms with Gasteiger partial charge < -0.3 is 15.4 Å². The topological polar surface area (TPSA) is 122 Å². The largest absolute Gasteiger partial charge is 0.486 e. The van der Waals surface area contributed by atoms with Gasteiger partial charge in [-0.15, -0.1) is 16.4 Å². The van der Waals surface area contributed by atoms with Crippen LogP contribution >= 0.6 is 34.9 Å². The second kappa shape index (κ2) is 14.1. The summed E-state index contributed by atoms with van der Waals surface area (Å²) in [5.41, 5.74) is 1.31. The number of thiazole rings is 1. The van der Waals surface area contributed by atoms with Crippen molar-refractivity contribution in [3.63, 3.8) is 0 Å². The Morgan fingerprint density at radius 2 is 1.63 bits per heavy atom. The van der Waals surface area contributed by atoms with Gasteiger partial charge >= 0.3 is 6.18 Å². The Balaban J connectivity index is 1.08. The molecule has 2 aromatic heterocycles. The van der Waals surface area contributed by atoms with Gasteiger partial charge in [0.2, 0.25) is 17.0 Å². The first-order chi connectivity index (χ1) is 21.8. The Hall–Kier alpha value is -4.08. The Morgan fingerprint density at radius 3 is 2.37 bits per heavy atom. The molecule has 0 saturated heterocycles. The highest BCUT2D eigenvalue weighted by Crippen LogP contribution is 2.35. The zero-order valence-electron chi connectivity index (χ0n) is 24.9. The molecule has 15 heteroatoms. The fourth-order valence-corrected chi connectivity index (χ4v) is 6.66. The quantitative estimate of drug-likeness (QED) is 0.121. The Kier molecular flexibility index (Phi) is 10.2. The van der Waals surface area contributed by atoms with Gasteiger partial charge in [0.15, 0.2) is 10.2 Å². The van der Waals surface area contributed by atoms with Gasteiger partial charge in [0.05, 0.1) is 33.0 Å². The van der Waals surface area contributed by atoms with Gasteiger partial charge in [-0.1, -0.05) is 68.6 Å². The zero-order chi connectivity index (χ0) is 32.9. The number of halogens is 3. The number of hydrogen-bond acceptors (Lipinski definition) is 9. The molecule has 0 radical (unpaired) electrons. The highest BCUT2D eigenvalue weighted by molar-refractivity contribution is 8.01. The van der Waals surface area contributed by atoms with Crippen molar-refractivity contribution < 1.29 is 27.5 Å². The smallest absolute Gasteiger partial charge is 0.418 e. The summed E-state index contributed by atoms with van der Waals surface area (Å²) in [4.78, 5) is 33.8. The van der Waals surface area contributed by atoms with Crippen molar-refractivity contribution in [2.45, 2.75) is 48.5 Å². The number of alkyl halides is 3. The van der Waals surface area contributed by atoms with Crippen molar-refractivity contribution in [2.75, 3.05) is 22.1 Å². The molecule has 240 valence electrons. The Morgan fingerprint density at radius 1 is 0.913 bits per heavy atom. The number of rotatable bonds is 11. The number of anilines is 2. The van der Waals surface area contributed by atoms with E-state index in [0.717, 1.165) is 28.3 Å². The second-order valence-corrected chi connectivity index (χ2v) is 14.2. The summed E-state index contributed by atoms with van der Waals surface area (Å²) < 4.78 is 46.8. The molecule has 2 amide bonds. The highest BCUT2D eigenvalue weighted by atomic mass is 32.2. The number of H-pyrrole nitrogens is 1. The number of carbonyl (C=O) groups is 2. The maximum absolute atomic E-state index is 13.2. The monoisotopic (exact) mass is 686 g/mol. The molecule has 0 unspecified atom stereocenters. The zero-order valence-corrected chi connectivity index (χ0v) is 27.3. The van der Waals surface area contributed by atoms with E-state index in [-0.39, 0.29) is 35.1 Å². The van der Waals surface area contributed by atoms with E-state index in [4.69, 9.17) is 4.74 Å². The molecule has 0 aliphatic rings. The minimum Gasteiger partial charge on any atom is -0.486 e. The van der Waals surface area contributed by atoms with Crippen LogP contribution in [0, 0.1) is 0 Å². The minimum atomic E-state index is -4.58. The van der Waals surface area contributed by atoms with E-state index in [0.29, 0.717) is 26.5 Å². The third kappa shape index (κ3) is 9.01. The van der Waals surface area contributed by atoms with E-state index in [1.807, 2.05) is 24.3 Å². The van der Waals surface area contributed by atoms with Crippen molar-refractivity contribution in [3.05, 3.63) is 83.7 Å². The molecule has 3 aromatic carbocycles. The van der Waals surface area contributed by atoms with Gasteiger partial charge in [-0.2, -0.15) is 13.2 Å². The molecule has 9 nitrogen and oxygen atoms in total. The average molecular weight is 687 g/mol. The van der Waals surface area contributed by atoms with Gasteiger partial charge in [-0.3, -0.25) is 14.7 Å². The summed E-state index contributed by atoms with van der Waals surface area (Å²) in [6.45, 7) is 6.66. The van der Waals surface area contributed by atoms with Crippen LogP contribution in [0.1, 0.15) is 37.7 Å². The highest BCUT2D eigenvalue weighted by Gasteiger charge is 2.33. The van der Waals surface area contributed by atoms with Crippen LogP contribution in [0.4, 0.5) is 24.5 Å². The molecule has 2 heterocycles. The lowest BCUT2D eigenvalue weighted by molar-refractivity contribution is -0.137. The normalized spacial score (nSPS) is 11.9. The minimum absolute atomic E-state index is 0.0581. The van der Waals surface area contributed by atoms with E-state index in [9.17, 15) is 22.8 Å². The fourth-order valence-electron chi connectivity index (χ4n) is 4.13. The lowest BCUT2D eigenvalue weighted by Crippen LogP contribution is -2.18. The molecule has 0 aliphatic carbocycles. The van der Waals surface area contributed by atoms with Crippen LogP contribution in [0.2, 0.25) is 0 Å². The summed E-state index contributed by atoms with van der Waals surface area (Å²) in [6, 6.07) is 18.0. The number of benzene rings is 3. The standard InChI is InChI=1S/C31H29F3N6O3S3/c1-30(2,3)18-8-11-20(12-9-18)43-15-25-38-28(40-39-25)44-16-26(41)35-19-10-13-23-24(14-19)46-29(37-23)45-17-27(42)36-22-7-5-4-6-21(22)31(32,33)34/h4-14H,15-17H2,1-3H3,(H,35,41)(H,36,42)(H,38,39,40). The van der Waals surface area contributed by atoms with Crippen LogP contribution in [0.5, 0.6) is 5.75 Å². The molecule has 5 aromatic rings. The van der Waals surface area contributed by atoms with E-state index in [1.54, 1.807) is 18.2 Å². The third-order valence-electron chi connectivity index (χ3n) is 6.43. The first-order valence-corrected chi connectivity index (χ1v) is 16.7. The van der Waals surface area contributed by atoms with Crippen LogP contribution in [-0.2, 0) is 27.8 Å². The van der Waals surface area contributed by atoms with Crippen LogP contribution in [0.15, 0.2) is 76.2 Å². The summed E-state index contributed by atoms with van der Waals surface area (Å²) in [5.74, 6) is 0.394. The molecular formula is C31H29F3N6O3S3. The molecule has 0 bridgehead atoms. The number of aromatic amines is 1. The molecule has 0 fully saturated rings. The molecule has 5 rings (SSSR count). The Labute approximate surface area is 275 Å². The number of nitrogens with zero attached hydrogens (tertiary/aromatic N) is 3. The molecule has 3 N–H and O–H groups in total. The number of aromatic nitrogens is 4. The molecule has 46 heavy (non-hydrogen) atoms. The number of carbonyl (C=O) groups excluding carboxylic acids is 2.